The van der Waals surface area contributed by atoms with Crippen molar-refractivity contribution in [1.29, 1.82) is 0 Å². The monoisotopic (exact) mass is 850 g/mol. The van der Waals surface area contributed by atoms with Gasteiger partial charge in [0.05, 0.1) is 35.5 Å². The van der Waals surface area contributed by atoms with Gasteiger partial charge in [0.1, 0.15) is 23.2 Å². The number of rotatable bonds is 12. The first kappa shape index (κ1) is 41.6. The summed E-state index contributed by atoms with van der Waals surface area (Å²) in [6, 6.07) is 12.0. The number of anilines is 2. The summed E-state index contributed by atoms with van der Waals surface area (Å²) in [5, 5.41) is 14.2. The number of imide groups is 2. The van der Waals surface area contributed by atoms with Crippen molar-refractivity contribution in [2.75, 3.05) is 43.9 Å². The Morgan fingerprint density at radius 2 is 1.71 bits per heavy atom. The van der Waals surface area contributed by atoms with Gasteiger partial charge in [0.15, 0.2) is 0 Å². The highest BCUT2D eigenvalue weighted by atomic mass is 19.3. The van der Waals surface area contributed by atoms with Crippen LogP contribution in [0.2, 0.25) is 0 Å². The highest BCUT2D eigenvalue weighted by Gasteiger charge is 2.47. The smallest absolute Gasteiger partial charge is 0.287 e. The number of hydrogen-bond donors (Lipinski definition) is 3. The molecule has 2 aromatic carbocycles. The second-order valence-electron chi connectivity index (χ2n) is 18.1. The fraction of sp³-hybridized carbons (Fsp3) is 0.500. The molecule has 3 N–H and O–H groups in total. The number of halogens is 2. The van der Waals surface area contributed by atoms with E-state index in [1.165, 1.54) is 51.0 Å². The first-order valence-electron chi connectivity index (χ1n) is 21.8. The van der Waals surface area contributed by atoms with Crippen molar-refractivity contribution in [2.45, 2.75) is 95.6 Å². The molecule has 5 heterocycles. The van der Waals surface area contributed by atoms with E-state index in [1.54, 1.807) is 24.3 Å². The molecule has 4 aromatic rings. The van der Waals surface area contributed by atoms with Gasteiger partial charge in [-0.25, -0.2) is 4.98 Å². The molecule has 5 aliphatic rings. The molecule has 2 saturated heterocycles. The molecule has 1 spiro atoms. The van der Waals surface area contributed by atoms with E-state index in [2.05, 4.69) is 25.8 Å². The number of benzene rings is 2. The van der Waals surface area contributed by atoms with Crippen LogP contribution in [0.1, 0.15) is 120 Å². The predicted molar refractivity (Wildman–Crippen MR) is 226 cm³/mol. The lowest BCUT2D eigenvalue weighted by molar-refractivity contribution is -0.136. The molecule has 4 fully saturated rings. The summed E-state index contributed by atoms with van der Waals surface area (Å²) in [6.45, 7) is 4.80. The van der Waals surface area contributed by atoms with Crippen molar-refractivity contribution < 1.29 is 37.5 Å². The van der Waals surface area contributed by atoms with Gasteiger partial charge < -0.3 is 20.3 Å². The molecule has 2 aromatic heterocycles. The summed E-state index contributed by atoms with van der Waals surface area (Å²) in [5.41, 5.74) is 2.19. The number of pyridine rings is 1. The molecule has 0 radical (unpaired) electrons. The number of likely N-dealkylation sites (tertiary alicyclic amines) is 1. The van der Waals surface area contributed by atoms with Crippen molar-refractivity contribution >= 4 is 51.8 Å². The Kier molecular flexibility index (Phi) is 11.1. The highest BCUT2D eigenvalue weighted by Crippen LogP contribution is 2.54. The van der Waals surface area contributed by atoms with Crippen molar-refractivity contribution in [1.82, 2.24) is 29.9 Å². The van der Waals surface area contributed by atoms with E-state index in [1.807, 2.05) is 16.9 Å². The van der Waals surface area contributed by atoms with Crippen molar-refractivity contribution in [3.63, 3.8) is 0 Å². The van der Waals surface area contributed by atoms with Crippen LogP contribution in [0.4, 0.5) is 20.2 Å². The molecule has 326 valence electrons. The third-order valence-electron chi connectivity index (χ3n) is 13.9. The fourth-order valence-corrected chi connectivity index (χ4v) is 10.5. The lowest BCUT2D eigenvalue weighted by atomic mass is 9.57. The van der Waals surface area contributed by atoms with E-state index >= 15 is 0 Å². The van der Waals surface area contributed by atoms with Crippen LogP contribution in [0, 0.1) is 17.3 Å². The fourth-order valence-electron chi connectivity index (χ4n) is 10.5. The summed E-state index contributed by atoms with van der Waals surface area (Å²) < 4.78 is 35.3. The van der Waals surface area contributed by atoms with Gasteiger partial charge in [-0.1, -0.05) is 12.1 Å². The molecule has 0 unspecified atom stereocenters. The number of nitrogens with one attached hydrogen (secondary N) is 3. The lowest BCUT2D eigenvalue weighted by Crippen LogP contribution is -2.54. The number of ether oxygens (including phenoxy) is 1. The van der Waals surface area contributed by atoms with Gasteiger partial charge in [-0.15, -0.1) is 0 Å². The highest BCUT2D eigenvalue weighted by molar-refractivity contribution is 6.25. The second kappa shape index (κ2) is 16.5. The minimum absolute atomic E-state index is 0.0870. The van der Waals surface area contributed by atoms with Crippen molar-refractivity contribution in [2.24, 2.45) is 17.3 Å². The van der Waals surface area contributed by atoms with Crippen LogP contribution in [0.25, 0.3) is 10.9 Å². The molecule has 14 nitrogen and oxygen atoms in total. The number of fused-ring (bicyclic) bond motifs is 2. The Morgan fingerprint density at radius 3 is 2.44 bits per heavy atom. The zero-order valence-corrected chi connectivity index (χ0v) is 35.1. The van der Waals surface area contributed by atoms with Gasteiger partial charge in [-0.2, -0.15) is 13.9 Å². The number of piperidine rings is 2. The van der Waals surface area contributed by atoms with Crippen LogP contribution >= 0.6 is 0 Å². The summed E-state index contributed by atoms with van der Waals surface area (Å²) in [5.74, 6) is -4.10. The van der Waals surface area contributed by atoms with Crippen LogP contribution in [-0.4, -0.2) is 93.4 Å². The number of aromatic nitrogens is 3. The van der Waals surface area contributed by atoms with Gasteiger partial charge >= 0.3 is 0 Å². The van der Waals surface area contributed by atoms with E-state index in [9.17, 15) is 32.8 Å². The Labute approximate surface area is 358 Å². The summed E-state index contributed by atoms with van der Waals surface area (Å²) in [4.78, 5) is 71.4. The SMILES string of the molecule is COc1cc2nn([C@H]3CC[C@H](CN4CCC5(CC4)CC(CCNc4cccc6c4C(=O)N([C@H]4CCC(=O)NC4=O)C6=O)C5)CC3)cc2cc1NC(=O)c1cccc(C(C)(F)F)n1. The van der Waals surface area contributed by atoms with E-state index in [0.717, 1.165) is 74.5 Å². The minimum atomic E-state index is -3.17. The first-order valence-corrected chi connectivity index (χ1v) is 21.8. The third kappa shape index (κ3) is 8.16. The molecular formula is C46H52F2N8O6. The summed E-state index contributed by atoms with van der Waals surface area (Å²) >= 11 is 0. The lowest BCUT2D eigenvalue weighted by Gasteiger charge is -2.53. The molecule has 1 atom stereocenters. The Bertz CT molecular complexity index is 2420. The molecule has 2 saturated carbocycles. The average Bonchev–Trinajstić information content (AvgIpc) is 3.77. The summed E-state index contributed by atoms with van der Waals surface area (Å²) in [6.07, 6.45) is 12.4. The van der Waals surface area contributed by atoms with Crippen molar-refractivity contribution in [3.05, 3.63) is 77.2 Å². The second-order valence-corrected chi connectivity index (χ2v) is 18.1. The number of alkyl halides is 2. The third-order valence-corrected chi connectivity index (χ3v) is 13.9. The topological polar surface area (TPSA) is 168 Å². The van der Waals surface area contributed by atoms with Gasteiger partial charge in [-0.3, -0.25) is 38.9 Å². The molecule has 62 heavy (non-hydrogen) atoms. The number of nitrogens with zero attached hydrogens (tertiary/aromatic N) is 5. The maximum Gasteiger partial charge on any atom is 0.287 e. The Balaban J connectivity index is 0.715. The summed E-state index contributed by atoms with van der Waals surface area (Å²) in [7, 11) is 1.51. The minimum Gasteiger partial charge on any atom is -0.494 e. The van der Waals surface area contributed by atoms with Gasteiger partial charge in [0.25, 0.3) is 23.6 Å². The van der Waals surface area contributed by atoms with Crippen LogP contribution in [0.5, 0.6) is 5.75 Å². The molecule has 9 rings (SSSR count). The van der Waals surface area contributed by atoms with Crippen LogP contribution in [-0.2, 0) is 15.5 Å². The number of amides is 5. The molecule has 5 amide bonds. The van der Waals surface area contributed by atoms with Crippen LogP contribution in [0.3, 0.4) is 0 Å². The van der Waals surface area contributed by atoms with Crippen LogP contribution in [0.15, 0.2) is 54.7 Å². The van der Waals surface area contributed by atoms with Crippen molar-refractivity contribution in [3.8, 4) is 5.75 Å². The zero-order valence-electron chi connectivity index (χ0n) is 35.1. The number of methoxy groups -OCH3 is 1. The standard InChI is InChI=1S/C46H52F2N8O6/c1-45(47,48)38-8-4-7-33(50-38)41(58)51-35-21-29-26-55(53-34(29)22-37(35)62-2)30-11-9-27(10-12-30)25-54-19-16-46(17-20-54)23-28(24-46)15-18-49-32-6-3-5-31-40(32)44(61)56(43(31)60)36-13-14-39(57)52-42(36)59/h3-8,21-22,26-28,30,36,49H,9-20,23-25H2,1-2H3,(H,51,58)(H,52,57,59)/t27-,30-,36-/m0/s1. The molecule has 16 heteroatoms. The average molecular weight is 851 g/mol. The van der Waals surface area contributed by atoms with Crippen LogP contribution < -0.4 is 20.7 Å². The molecule has 0 bridgehead atoms. The van der Waals surface area contributed by atoms with Gasteiger partial charge in [0, 0.05) is 49.8 Å². The van der Waals surface area contributed by atoms with Gasteiger partial charge in [-0.05, 0) is 125 Å². The molecular weight excluding hydrogens is 799 g/mol. The first-order chi connectivity index (χ1) is 29.8. The number of carbonyl (C=O) groups excluding carboxylic acids is 5. The molecule has 3 aliphatic heterocycles. The van der Waals surface area contributed by atoms with E-state index in [4.69, 9.17) is 9.84 Å². The van der Waals surface area contributed by atoms with Gasteiger partial charge in [0.2, 0.25) is 11.8 Å². The largest absolute Gasteiger partial charge is 0.494 e. The Morgan fingerprint density at radius 1 is 0.952 bits per heavy atom. The number of hydrogen-bond acceptors (Lipinski definition) is 10. The Hall–Kier alpha value is -5.77. The maximum atomic E-state index is 13.9. The van der Waals surface area contributed by atoms with E-state index in [0.29, 0.717) is 46.5 Å². The predicted octanol–water partition coefficient (Wildman–Crippen LogP) is 6.93. The number of carbonyl (C=O) groups is 5. The quantitative estimate of drug-likeness (QED) is 0.127. The normalized spacial score (nSPS) is 23.0. The maximum absolute atomic E-state index is 13.9. The zero-order chi connectivity index (χ0) is 43.3. The molecule has 2 aliphatic carbocycles. The van der Waals surface area contributed by atoms with E-state index < -0.39 is 47.2 Å². The van der Waals surface area contributed by atoms with E-state index in [-0.39, 0.29) is 30.1 Å².